The Bertz CT molecular complexity index is 495. The van der Waals surface area contributed by atoms with Crippen molar-refractivity contribution in [2.45, 2.75) is 32.0 Å². The van der Waals surface area contributed by atoms with E-state index in [9.17, 15) is 0 Å². The number of nitrogens with zero attached hydrogens (tertiary/aromatic N) is 1. The van der Waals surface area contributed by atoms with Crippen LogP contribution in [0.4, 0.5) is 0 Å². The monoisotopic (exact) mass is 314 g/mol. The first-order valence-electron chi connectivity index (χ1n) is 6.34. The number of thiophene rings is 2. The summed E-state index contributed by atoms with van der Waals surface area (Å²) in [6.07, 6.45) is 0.953. The van der Waals surface area contributed by atoms with Crippen molar-refractivity contribution >= 4 is 34.3 Å². The summed E-state index contributed by atoms with van der Waals surface area (Å²) < 4.78 is 0.826. The summed E-state index contributed by atoms with van der Waals surface area (Å²) in [6, 6.07) is 6.56. The molecule has 5 heteroatoms. The molecular weight excluding hydrogens is 296 g/mol. The molecule has 2 unspecified atom stereocenters. The lowest BCUT2D eigenvalue weighted by molar-refractivity contribution is 0.205. The van der Waals surface area contributed by atoms with Gasteiger partial charge in [0.2, 0.25) is 0 Å². The van der Waals surface area contributed by atoms with Crippen molar-refractivity contribution in [2.75, 3.05) is 7.05 Å². The number of likely N-dealkylation sites (N-methyl/N-ethyl adjacent to an activating group) is 1. The Balaban J connectivity index is 2.17. The van der Waals surface area contributed by atoms with Crippen LogP contribution in [0.2, 0.25) is 4.34 Å². The Labute approximate surface area is 127 Å². The third-order valence-corrected chi connectivity index (χ3v) is 5.28. The second kappa shape index (κ2) is 6.86. The Morgan fingerprint density at radius 1 is 1.37 bits per heavy atom. The molecule has 0 amide bonds. The van der Waals surface area contributed by atoms with Crippen LogP contribution in [-0.4, -0.2) is 18.0 Å². The maximum atomic E-state index is 6.31. The second-order valence-electron chi connectivity index (χ2n) is 4.71. The van der Waals surface area contributed by atoms with E-state index in [4.69, 9.17) is 17.3 Å². The van der Waals surface area contributed by atoms with Crippen molar-refractivity contribution in [3.8, 4) is 0 Å². The first-order valence-corrected chi connectivity index (χ1v) is 8.47. The molecule has 2 heterocycles. The van der Waals surface area contributed by atoms with Gasteiger partial charge in [0, 0.05) is 17.5 Å². The van der Waals surface area contributed by atoms with Gasteiger partial charge < -0.3 is 5.73 Å². The van der Waals surface area contributed by atoms with Crippen LogP contribution < -0.4 is 5.73 Å². The van der Waals surface area contributed by atoms with E-state index in [0.717, 1.165) is 17.3 Å². The standard InChI is InChI=1S/C14H19ClN2S2/c1-3-11(16)14(12-4-5-13(15)19-12)17(2)8-10-6-7-18-9-10/h4-7,9,11,14H,3,8,16H2,1-2H3. The third-order valence-electron chi connectivity index (χ3n) is 3.25. The Kier molecular flexibility index (Phi) is 5.42. The Morgan fingerprint density at radius 3 is 2.68 bits per heavy atom. The molecule has 0 saturated heterocycles. The van der Waals surface area contributed by atoms with Gasteiger partial charge in [0.25, 0.3) is 0 Å². The summed E-state index contributed by atoms with van der Waals surface area (Å²) in [4.78, 5) is 3.57. The summed E-state index contributed by atoms with van der Waals surface area (Å²) in [7, 11) is 2.13. The van der Waals surface area contributed by atoms with E-state index < -0.39 is 0 Å². The summed E-state index contributed by atoms with van der Waals surface area (Å²) in [5.74, 6) is 0. The average Bonchev–Trinajstić information content (AvgIpc) is 3.01. The maximum Gasteiger partial charge on any atom is 0.0931 e. The molecule has 0 bridgehead atoms. The number of nitrogens with two attached hydrogens (primary N) is 1. The first kappa shape index (κ1) is 15.0. The molecule has 19 heavy (non-hydrogen) atoms. The van der Waals surface area contributed by atoms with Gasteiger partial charge in [0.15, 0.2) is 0 Å². The molecule has 0 aliphatic heterocycles. The molecule has 2 aromatic rings. The van der Waals surface area contributed by atoms with Crippen molar-refractivity contribution in [1.82, 2.24) is 4.90 Å². The maximum absolute atomic E-state index is 6.31. The summed E-state index contributed by atoms with van der Waals surface area (Å²) in [6.45, 7) is 3.04. The van der Waals surface area contributed by atoms with Crippen LogP contribution in [0.5, 0.6) is 0 Å². The van der Waals surface area contributed by atoms with E-state index in [1.807, 2.05) is 6.07 Å². The molecule has 0 aliphatic rings. The van der Waals surface area contributed by atoms with Gasteiger partial charge in [-0.15, -0.1) is 11.3 Å². The van der Waals surface area contributed by atoms with Crippen LogP contribution in [0.15, 0.2) is 29.0 Å². The highest BCUT2D eigenvalue weighted by Crippen LogP contribution is 2.33. The fraction of sp³-hybridized carbons (Fsp3) is 0.429. The van der Waals surface area contributed by atoms with Crippen molar-refractivity contribution in [3.63, 3.8) is 0 Å². The molecule has 0 radical (unpaired) electrons. The van der Waals surface area contributed by atoms with E-state index in [0.29, 0.717) is 0 Å². The smallest absolute Gasteiger partial charge is 0.0931 e. The normalized spacial score (nSPS) is 14.8. The van der Waals surface area contributed by atoms with Gasteiger partial charge in [-0.2, -0.15) is 11.3 Å². The Hall–Kier alpha value is -0.390. The molecule has 0 saturated carbocycles. The fourth-order valence-corrected chi connectivity index (χ4v) is 4.20. The van der Waals surface area contributed by atoms with Crippen molar-refractivity contribution < 1.29 is 0 Å². The lowest BCUT2D eigenvalue weighted by Crippen LogP contribution is -2.38. The first-order chi connectivity index (χ1) is 9.11. The largest absolute Gasteiger partial charge is 0.326 e. The highest BCUT2D eigenvalue weighted by molar-refractivity contribution is 7.16. The van der Waals surface area contributed by atoms with Gasteiger partial charge in [0.1, 0.15) is 0 Å². The van der Waals surface area contributed by atoms with E-state index >= 15 is 0 Å². The van der Waals surface area contributed by atoms with Gasteiger partial charge in [0.05, 0.1) is 10.4 Å². The predicted octanol–water partition coefficient (Wildman–Crippen LogP) is 4.37. The predicted molar refractivity (Wildman–Crippen MR) is 86.1 cm³/mol. The summed E-state index contributed by atoms with van der Waals surface area (Å²) in [5, 5.41) is 4.30. The van der Waals surface area contributed by atoms with Gasteiger partial charge >= 0.3 is 0 Å². The van der Waals surface area contributed by atoms with Crippen LogP contribution in [0.1, 0.15) is 29.8 Å². The molecular formula is C14H19ClN2S2. The number of hydrogen-bond donors (Lipinski definition) is 1. The zero-order valence-electron chi connectivity index (χ0n) is 11.2. The van der Waals surface area contributed by atoms with E-state index in [1.54, 1.807) is 22.7 Å². The molecule has 0 fully saturated rings. The van der Waals surface area contributed by atoms with Gasteiger partial charge in [-0.25, -0.2) is 0 Å². The molecule has 0 aliphatic carbocycles. The molecule has 104 valence electrons. The van der Waals surface area contributed by atoms with Gasteiger partial charge in [-0.05, 0) is 48.0 Å². The third kappa shape index (κ3) is 3.80. The number of hydrogen-bond acceptors (Lipinski definition) is 4. The molecule has 2 rings (SSSR count). The van der Waals surface area contributed by atoms with E-state index in [-0.39, 0.29) is 12.1 Å². The highest BCUT2D eigenvalue weighted by Gasteiger charge is 2.24. The molecule has 2 atom stereocenters. The van der Waals surface area contributed by atoms with Crippen LogP contribution >= 0.6 is 34.3 Å². The second-order valence-corrected chi connectivity index (χ2v) is 7.23. The molecule has 0 aromatic carbocycles. The Morgan fingerprint density at radius 2 is 2.16 bits per heavy atom. The average molecular weight is 315 g/mol. The summed E-state index contributed by atoms with van der Waals surface area (Å²) in [5.41, 5.74) is 7.65. The summed E-state index contributed by atoms with van der Waals surface area (Å²) >= 11 is 9.42. The van der Waals surface area contributed by atoms with Crippen LogP contribution in [-0.2, 0) is 6.54 Å². The van der Waals surface area contributed by atoms with Crippen LogP contribution in [0.3, 0.4) is 0 Å². The highest BCUT2D eigenvalue weighted by atomic mass is 35.5. The number of rotatable bonds is 6. The topological polar surface area (TPSA) is 29.3 Å². The fourth-order valence-electron chi connectivity index (χ4n) is 2.23. The molecule has 2 nitrogen and oxygen atoms in total. The lowest BCUT2D eigenvalue weighted by Gasteiger charge is -2.31. The quantitative estimate of drug-likeness (QED) is 0.857. The minimum atomic E-state index is 0.123. The minimum absolute atomic E-state index is 0.123. The van der Waals surface area contributed by atoms with Crippen molar-refractivity contribution in [3.05, 3.63) is 43.7 Å². The number of halogens is 1. The van der Waals surface area contributed by atoms with Gasteiger partial charge in [-0.1, -0.05) is 18.5 Å². The van der Waals surface area contributed by atoms with Gasteiger partial charge in [-0.3, -0.25) is 4.90 Å². The zero-order chi connectivity index (χ0) is 13.8. The van der Waals surface area contributed by atoms with Crippen molar-refractivity contribution in [1.29, 1.82) is 0 Å². The van der Waals surface area contributed by atoms with Crippen molar-refractivity contribution in [2.24, 2.45) is 5.73 Å². The van der Waals surface area contributed by atoms with E-state index in [1.165, 1.54) is 10.4 Å². The molecule has 0 spiro atoms. The van der Waals surface area contributed by atoms with E-state index in [2.05, 4.69) is 41.8 Å². The zero-order valence-corrected chi connectivity index (χ0v) is 13.6. The van der Waals surface area contributed by atoms with Crippen LogP contribution in [0, 0.1) is 0 Å². The SMILES string of the molecule is CCC(N)C(c1ccc(Cl)s1)N(C)Cc1ccsc1. The molecule has 2 aromatic heterocycles. The minimum Gasteiger partial charge on any atom is -0.326 e. The molecule has 2 N–H and O–H groups in total. The van der Waals surface area contributed by atoms with Crippen LogP contribution in [0.25, 0.3) is 0 Å². The lowest BCUT2D eigenvalue weighted by atomic mass is 10.0.